The van der Waals surface area contributed by atoms with Crippen LogP contribution in [0.4, 0.5) is 5.69 Å². The summed E-state index contributed by atoms with van der Waals surface area (Å²) in [6.45, 7) is 2.16. The number of amides is 2. The van der Waals surface area contributed by atoms with E-state index in [-0.39, 0.29) is 30.4 Å². The maximum absolute atomic E-state index is 12.4. The highest BCUT2D eigenvalue weighted by Crippen LogP contribution is 2.30. The second-order valence-corrected chi connectivity index (χ2v) is 6.99. The zero-order valence-electron chi connectivity index (χ0n) is 14.8. The Morgan fingerprint density at radius 3 is 2.73 bits per heavy atom. The smallest absolute Gasteiger partial charge is 0.308 e. The highest BCUT2D eigenvalue weighted by atomic mass is 16.5. The van der Waals surface area contributed by atoms with Gasteiger partial charge < -0.3 is 20.1 Å². The van der Waals surface area contributed by atoms with Crippen molar-refractivity contribution in [3.63, 3.8) is 0 Å². The molecule has 1 aromatic carbocycles. The predicted molar refractivity (Wildman–Crippen MR) is 94.8 cm³/mol. The molecule has 1 aromatic rings. The highest BCUT2D eigenvalue weighted by Gasteiger charge is 2.35. The van der Waals surface area contributed by atoms with Crippen LogP contribution in [0.25, 0.3) is 0 Å². The number of hydrogen-bond donors (Lipinski definition) is 2. The zero-order valence-corrected chi connectivity index (χ0v) is 14.8. The number of nitrogens with zero attached hydrogens (tertiary/aromatic N) is 1. The van der Waals surface area contributed by atoms with Gasteiger partial charge in [0.2, 0.25) is 5.91 Å². The molecule has 7 heteroatoms. The van der Waals surface area contributed by atoms with Crippen molar-refractivity contribution in [3.05, 3.63) is 24.3 Å². The standard InChI is InChI=1S/C19H24N2O5/c1-12-16(19(24)25)6-3-9-21(12)17(22)11-26-15-5-2-4-14(10-15)20-18(23)13-7-8-13/h2,4-5,10,12-13,16H,3,6-9,11H2,1H3,(H,20,23)(H,24,25)/t12-,16-/m1/s1. The summed E-state index contributed by atoms with van der Waals surface area (Å²) in [7, 11) is 0. The molecule has 1 aliphatic carbocycles. The Hall–Kier alpha value is -2.57. The summed E-state index contributed by atoms with van der Waals surface area (Å²) in [5.74, 6) is -1.00. The Balaban J connectivity index is 1.55. The molecular formula is C19H24N2O5. The molecule has 1 heterocycles. The van der Waals surface area contributed by atoms with Crippen molar-refractivity contribution in [2.24, 2.45) is 11.8 Å². The lowest BCUT2D eigenvalue weighted by Crippen LogP contribution is -2.50. The van der Waals surface area contributed by atoms with E-state index in [1.54, 1.807) is 36.1 Å². The predicted octanol–water partition coefficient (Wildman–Crippen LogP) is 2.13. The second-order valence-electron chi connectivity index (χ2n) is 6.99. The lowest BCUT2D eigenvalue weighted by atomic mass is 9.90. The Morgan fingerprint density at radius 2 is 2.04 bits per heavy atom. The van der Waals surface area contributed by atoms with Crippen LogP contribution in [0.2, 0.25) is 0 Å². The number of ether oxygens (including phenoxy) is 1. The number of hydrogen-bond acceptors (Lipinski definition) is 4. The van der Waals surface area contributed by atoms with Crippen molar-refractivity contribution in [2.75, 3.05) is 18.5 Å². The number of carboxylic acids is 1. The molecule has 2 amide bonds. The molecule has 140 valence electrons. The summed E-state index contributed by atoms with van der Waals surface area (Å²) in [5, 5.41) is 12.1. The quantitative estimate of drug-likeness (QED) is 0.810. The van der Waals surface area contributed by atoms with Gasteiger partial charge in [0.05, 0.1) is 5.92 Å². The molecule has 2 fully saturated rings. The largest absolute Gasteiger partial charge is 0.484 e. The highest BCUT2D eigenvalue weighted by molar-refractivity contribution is 5.94. The number of rotatable bonds is 6. The molecular weight excluding hydrogens is 336 g/mol. The molecule has 7 nitrogen and oxygen atoms in total. The van der Waals surface area contributed by atoms with Crippen LogP contribution >= 0.6 is 0 Å². The first kappa shape index (κ1) is 18.2. The molecule has 1 saturated heterocycles. The van der Waals surface area contributed by atoms with Crippen molar-refractivity contribution in [1.82, 2.24) is 4.90 Å². The van der Waals surface area contributed by atoms with Crippen LogP contribution in [-0.4, -0.2) is 47.0 Å². The van der Waals surface area contributed by atoms with Gasteiger partial charge in [-0.25, -0.2) is 0 Å². The minimum absolute atomic E-state index is 0.0140. The van der Waals surface area contributed by atoms with Gasteiger partial charge in [0, 0.05) is 30.3 Å². The van der Waals surface area contributed by atoms with Crippen molar-refractivity contribution in [1.29, 1.82) is 0 Å². The van der Waals surface area contributed by atoms with E-state index in [2.05, 4.69) is 5.32 Å². The minimum atomic E-state index is -0.866. The number of carbonyl (C=O) groups excluding carboxylic acids is 2. The van der Waals surface area contributed by atoms with Gasteiger partial charge in [-0.3, -0.25) is 14.4 Å². The lowest BCUT2D eigenvalue weighted by Gasteiger charge is -2.37. The van der Waals surface area contributed by atoms with E-state index < -0.39 is 11.9 Å². The van der Waals surface area contributed by atoms with E-state index in [4.69, 9.17) is 4.74 Å². The van der Waals surface area contributed by atoms with Gasteiger partial charge in [0.1, 0.15) is 5.75 Å². The first-order valence-electron chi connectivity index (χ1n) is 9.01. The fraction of sp³-hybridized carbons (Fsp3) is 0.526. The summed E-state index contributed by atoms with van der Waals surface area (Å²) < 4.78 is 5.57. The summed E-state index contributed by atoms with van der Waals surface area (Å²) >= 11 is 0. The van der Waals surface area contributed by atoms with E-state index in [1.807, 2.05) is 0 Å². The van der Waals surface area contributed by atoms with E-state index >= 15 is 0 Å². The summed E-state index contributed by atoms with van der Waals surface area (Å²) in [4.78, 5) is 37.1. The Labute approximate surface area is 152 Å². The van der Waals surface area contributed by atoms with E-state index in [9.17, 15) is 19.5 Å². The molecule has 2 N–H and O–H groups in total. The molecule has 1 aliphatic heterocycles. The van der Waals surface area contributed by atoms with Gasteiger partial charge in [0.15, 0.2) is 6.61 Å². The van der Waals surface area contributed by atoms with Crippen LogP contribution in [0.3, 0.4) is 0 Å². The number of benzene rings is 1. The Bertz CT molecular complexity index is 701. The molecule has 2 aliphatic rings. The number of carbonyl (C=O) groups is 3. The number of anilines is 1. The molecule has 26 heavy (non-hydrogen) atoms. The van der Waals surface area contributed by atoms with Crippen LogP contribution in [0.15, 0.2) is 24.3 Å². The van der Waals surface area contributed by atoms with Gasteiger partial charge in [-0.15, -0.1) is 0 Å². The van der Waals surface area contributed by atoms with Crippen LogP contribution < -0.4 is 10.1 Å². The first-order valence-corrected chi connectivity index (χ1v) is 9.01. The van der Waals surface area contributed by atoms with Crippen LogP contribution in [0.5, 0.6) is 5.75 Å². The fourth-order valence-electron chi connectivity index (χ4n) is 3.31. The summed E-state index contributed by atoms with van der Waals surface area (Å²) in [6, 6.07) is 6.60. The van der Waals surface area contributed by atoms with Crippen LogP contribution in [-0.2, 0) is 14.4 Å². The zero-order chi connectivity index (χ0) is 18.7. The fourth-order valence-corrected chi connectivity index (χ4v) is 3.31. The van der Waals surface area contributed by atoms with Crippen LogP contribution in [0, 0.1) is 11.8 Å². The van der Waals surface area contributed by atoms with E-state index in [0.29, 0.717) is 30.8 Å². The average molecular weight is 360 g/mol. The molecule has 2 atom stereocenters. The lowest BCUT2D eigenvalue weighted by molar-refractivity contribution is -0.149. The first-order chi connectivity index (χ1) is 12.5. The Kier molecular flexibility index (Phi) is 5.44. The van der Waals surface area contributed by atoms with Crippen molar-refractivity contribution in [2.45, 2.75) is 38.6 Å². The number of likely N-dealkylation sites (tertiary alicyclic amines) is 1. The number of carboxylic acid groups (broad SMARTS) is 1. The third-order valence-electron chi connectivity index (χ3n) is 5.04. The number of piperidine rings is 1. The molecule has 0 bridgehead atoms. The third-order valence-corrected chi connectivity index (χ3v) is 5.04. The maximum atomic E-state index is 12.4. The molecule has 0 radical (unpaired) electrons. The molecule has 0 aromatic heterocycles. The number of nitrogens with one attached hydrogen (secondary N) is 1. The molecule has 1 saturated carbocycles. The van der Waals surface area contributed by atoms with Gasteiger partial charge in [-0.05, 0) is 44.7 Å². The average Bonchev–Trinajstić information content (AvgIpc) is 3.45. The van der Waals surface area contributed by atoms with E-state index in [1.165, 1.54) is 0 Å². The SMILES string of the molecule is C[C@@H]1[C@H](C(=O)O)CCCN1C(=O)COc1cccc(NC(=O)C2CC2)c1. The van der Waals surface area contributed by atoms with Gasteiger partial charge in [-0.2, -0.15) is 0 Å². The molecule has 0 unspecified atom stereocenters. The van der Waals surface area contributed by atoms with Crippen LogP contribution in [0.1, 0.15) is 32.6 Å². The van der Waals surface area contributed by atoms with Crippen molar-refractivity contribution >= 4 is 23.5 Å². The summed E-state index contributed by atoms with van der Waals surface area (Å²) in [6.07, 6.45) is 3.13. The van der Waals surface area contributed by atoms with Gasteiger partial charge in [-0.1, -0.05) is 6.07 Å². The monoisotopic (exact) mass is 360 g/mol. The molecule has 3 rings (SSSR count). The second kappa shape index (κ2) is 7.76. The van der Waals surface area contributed by atoms with Gasteiger partial charge >= 0.3 is 5.97 Å². The summed E-state index contributed by atoms with van der Waals surface area (Å²) in [5.41, 5.74) is 0.643. The van der Waals surface area contributed by atoms with E-state index in [0.717, 1.165) is 12.8 Å². The minimum Gasteiger partial charge on any atom is -0.484 e. The third kappa shape index (κ3) is 4.33. The number of aliphatic carboxylic acids is 1. The normalized spacial score (nSPS) is 22.6. The van der Waals surface area contributed by atoms with Crippen molar-refractivity contribution < 1.29 is 24.2 Å². The van der Waals surface area contributed by atoms with Gasteiger partial charge in [0.25, 0.3) is 5.91 Å². The molecule has 0 spiro atoms. The maximum Gasteiger partial charge on any atom is 0.308 e. The Morgan fingerprint density at radius 1 is 1.27 bits per heavy atom. The topological polar surface area (TPSA) is 95.9 Å². The van der Waals surface area contributed by atoms with Crippen molar-refractivity contribution in [3.8, 4) is 5.75 Å².